The summed E-state index contributed by atoms with van der Waals surface area (Å²) in [6.45, 7) is 8.91. The lowest BCUT2D eigenvalue weighted by Crippen LogP contribution is -1.89. The molecule has 3 nitrogen and oxygen atoms in total. The van der Waals surface area contributed by atoms with Crippen LogP contribution in [0.4, 0.5) is 11.4 Å². The molecular formula is C28H28N2O. The molecule has 0 unspecified atom stereocenters. The Morgan fingerprint density at radius 1 is 0.742 bits per heavy atom. The number of phenols is 1. The second-order valence-corrected chi connectivity index (χ2v) is 8.52. The predicted octanol–water partition coefficient (Wildman–Crippen LogP) is 8.24. The van der Waals surface area contributed by atoms with Crippen LogP contribution in [0.3, 0.4) is 0 Å². The highest BCUT2D eigenvalue weighted by atomic mass is 16.3. The highest BCUT2D eigenvalue weighted by molar-refractivity contribution is 5.78. The van der Waals surface area contributed by atoms with Gasteiger partial charge in [-0.3, -0.25) is 0 Å². The summed E-state index contributed by atoms with van der Waals surface area (Å²) in [4.78, 5) is 0. The summed E-state index contributed by atoms with van der Waals surface area (Å²) in [5.74, 6) is 0.735. The molecular weight excluding hydrogens is 380 g/mol. The molecule has 1 N–H and O–H groups in total. The van der Waals surface area contributed by atoms with E-state index in [0.717, 1.165) is 12.1 Å². The van der Waals surface area contributed by atoms with Gasteiger partial charge >= 0.3 is 0 Å². The minimum atomic E-state index is 0.225. The van der Waals surface area contributed by atoms with Crippen LogP contribution in [0.5, 0.6) is 5.75 Å². The Morgan fingerprint density at radius 2 is 1.35 bits per heavy atom. The molecule has 0 atom stereocenters. The molecule has 0 amide bonds. The monoisotopic (exact) mass is 408 g/mol. The Balaban J connectivity index is 1.57. The summed E-state index contributed by atoms with van der Waals surface area (Å²) >= 11 is 0. The van der Waals surface area contributed by atoms with Crippen molar-refractivity contribution in [3.63, 3.8) is 0 Å². The number of benzene rings is 2. The lowest BCUT2D eigenvalue weighted by atomic mass is 9.98. The summed E-state index contributed by atoms with van der Waals surface area (Å²) in [6, 6.07) is 24.2. The van der Waals surface area contributed by atoms with Gasteiger partial charge in [-0.2, -0.15) is 10.2 Å². The first-order chi connectivity index (χ1) is 14.9. The van der Waals surface area contributed by atoms with E-state index in [-0.39, 0.29) is 5.75 Å². The van der Waals surface area contributed by atoms with Gasteiger partial charge < -0.3 is 5.11 Å². The van der Waals surface area contributed by atoms with Crippen LogP contribution in [0.25, 0.3) is 11.1 Å². The van der Waals surface area contributed by atoms with Crippen LogP contribution in [0.15, 0.2) is 83.0 Å². The molecule has 0 saturated carbocycles. The van der Waals surface area contributed by atoms with Gasteiger partial charge in [-0.05, 0) is 102 Å². The second-order valence-electron chi connectivity index (χ2n) is 8.52. The van der Waals surface area contributed by atoms with Gasteiger partial charge in [0.15, 0.2) is 0 Å². The fourth-order valence-corrected chi connectivity index (χ4v) is 3.99. The van der Waals surface area contributed by atoms with Gasteiger partial charge in [0.1, 0.15) is 5.75 Å². The number of azo groups is 1. The van der Waals surface area contributed by atoms with Crippen molar-refractivity contribution in [1.29, 1.82) is 0 Å². The van der Waals surface area contributed by atoms with Crippen LogP contribution in [0.2, 0.25) is 0 Å². The van der Waals surface area contributed by atoms with Crippen LogP contribution in [0.1, 0.15) is 47.6 Å². The molecule has 0 saturated heterocycles. The zero-order chi connectivity index (χ0) is 22.0. The third kappa shape index (κ3) is 4.66. The number of aromatic hydroxyl groups is 1. The Labute approximate surface area is 184 Å². The Bertz CT molecular complexity index is 1190. The van der Waals surface area contributed by atoms with Crippen LogP contribution >= 0.6 is 0 Å². The molecule has 2 aromatic carbocycles. The third-order valence-corrected chi connectivity index (χ3v) is 5.77. The van der Waals surface area contributed by atoms with Crippen LogP contribution in [-0.2, 0) is 6.42 Å². The molecule has 0 fully saturated rings. The molecule has 2 aliphatic carbocycles. The fraction of sp³-hybridized carbons (Fsp3) is 0.214. The third-order valence-electron chi connectivity index (χ3n) is 5.77. The number of hydrogen-bond donors (Lipinski definition) is 1. The van der Waals surface area contributed by atoms with Crippen LogP contribution in [0, 0.1) is 13.8 Å². The fourth-order valence-electron chi connectivity index (χ4n) is 3.99. The average Bonchev–Trinajstić information content (AvgIpc) is 2.93. The van der Waals surface area contributed by atoms with E-state index in [0.29, 0.717) is 11.6 Å². The van der Waals surface area contributed by atoms with Gasteiger partial charge in [-0.1, -0.05) is 50.2 Å². The Morgan fingerprint density at radius 3 is 1.97 bits per heavy atom. The van der Waals surface area contributed by atoms with Gasteiger partial charge in [0.25, 0.3) is 0 Å². The van der Waals surface area contributed by atoms with Crippen LogP contribution in [-0.4, -0.2) is 5.11 Å². The molecule has 0 aliphatic heterocycles. The maximum Gasteiger partial charge on any atom is 0.115 e. The molecule has 2 aliphatic rings. The number of hydrogen-bond acceptors (Lipinski definition) is 3. The molecule has 0 heterocycles. The van der Waals surface area contributed by atoms with E-state index in [1.165, 1.54) is 38.9 Å². The topological polar surface area (TPSA) is 45.0 Å². The first kappa shape index (κ1) is 20.8. The number of rotatable bonds is 5. The second kappa shape index (κ2) is 8.73. The van der Waals surface area contributed by atoms with Gasteiger partial charge in [0.05, 0.1) is 11.4 Å². The first-order valence-corrected chi connectivity index (χ1v) is 10.7. The molecule has 156 valence electrons. The largest absolute Gasteiger partial charge is 0.508 e. The van der Waals surface area contributed by atoms with E-state index in [4.69, 9.17) is 0 Å². The highest BCUT2D eigenvalue weighted by Gasteiger charge is 2.16. The van der Waals surface area contributed by atoms with E-state index < -0.39 is 0 Å². The molecule has 2 aromatic rings. The molecule has 31 heavy (non-hydrogen) atoms. The maximum absolute atomic E-state index is 9.36. The van der Waals surface area contributed by atoms with E-state index in [9.17, 15) is 5.11 Å². The van der Waals surface area contributed by atoms with Crippen molar-refractivity contribution in [2.24, 2.45) is 10.2 Å². The Kier molecular flexibility index (Phi) is 5.85. The van der Waals surface area contributed by atoms with Gasteiger partial charge in [-0.15, -0.1) is 0 Å². The van der Waals surface area contributed by atoms with E-state index >= 15 is 0 Å². The molecule has 4 rings (SSSR count). The SMILES string of the molecule is Cc1cc(Cc2ccc(N=Nc3ccc(O)cc3)cc2)c2c(C)ccc(C(C)C)cc1-2. The minimum Gasteiger partial charge on any atom is -0.508 e. The first-order valence-electron chi connectivity index (χ1n) is 10.7. The van der Waals surface area contributed by atoms with E-state index in [1.807, 2.05) is 12.1 Å². The van der Waals surface area contributed by atoms with Gasteiger partial charge in [-0.25, -0.2) is 0 Å². The van der Waals surface area contributed by atoms with Gasteiger partial charge in [0, 0.05) is 0 Å². The average molecular weight is 409 g/mol. The van der Waals surface area contributed by atoms with Crippen molar-refractivity contribution < 1.29 is 5.11 Å². The maximum atomic E-state index is 9.36. The highest BCUT2D eigenvalue weighted by Crippen LogP contribution is 2.37. The number of aryl methyl sites for hydroxylation is 2. The molecule has 0 spiro atoms. The molecule has 0 aromatic heterocycles. The minimum absolute atomic E-state index is 0.225. The molecule has 0 bridgehead atoms. The number of nitrogens with zero attached hydrogens (tertiary/aromatic N) is 2. The quantitative estimate of drug-likeness (QED) is 0.332. The van der Waals surface area contributed by atoms with E-state index in [1.54, 1.807) is 24.3 Å². The summed E-state index contributed by atoms with van der Waals surface area (Å²) in [5, 5.41) is 17.9. The zero-order valence-corrected chi connectivity index (χ0v) is 18.6. The lowest BCUT2D eigenvalue weighted by molar-refractivity contribution is 0.475. The number of fused-ring (bicyclic) bond motifs is 1. The van der Waals surface area contributed by atoms with Crippen molar-refractivity contribution >= 4 is 11.4 Å². The lowest BCUT2D eigenvalue weighted by Gasteiger charge is -2.07. The summed E-state index contributed by atoms with van der Waals surface area (Å²) in [5.41, 5.74) is 10.9. The van der Waals surface area contributed by atoms with Crippen molar-refractivity contribution in [1.82, 2.24) is 0 Å². The van der Waals surface area contributed by atoms with Crippen molar-refractivity contribution in [2.75, 3.05) is 0 Å². The van der Waals surface area contributed by atoms with E-state index in [2.05, 4.69) is 74.3 Å². The van der Waals surface area contributed by atoms with Crippen molar-refractivity contribution in [2.45, 2.75) is 40.0 Å². The molecule has 0 radical (unpaired) electrons. The standard InChI is InChI=1S/C28H28N2O/c1-18(2)22-8-5-19(3)28-23(15-20(4)27(28)17-22)16-21-6-9-24(10-7-21)29-30-25-11-13-26(31)14-12-25/h5-15,17-18,31H,16H2,1-4H3. The Hall–Kier alpha value is -3.46. The van der Waals surface area contributed by atoms with Crippen molar-refractivity contribution in [3.05, 3.63) is 101 Å². The zero-order valence-electron chi connectivity index (χ0n) is 18.6. The van der Waals surface area contributed by atoms with Gasteiger partial charge in [0.2, 0.25) is 0 Å². The normalized spacial score (nSPS) is 11.6. The summed E-state index contributed by atoms with van der Waals surface area (Å²) < 4.78 is 0. The smallest absolute Gasteiger partial charge is 0.115 e. The predicted molar refractivity (Wildman–Crippen MR) is 128 cm³/mol. The van der Waals surface area contributed by atoms with Crippen LogP contribution < -0.4 is 0 Å². The summed E-state index contributed by atoms with van der Waals surface area (Å²) in [7, 11) is 0. The molecule has 3 heteroatoms. The summed E-state index contributed by atoms with van der Waals surface area (Å²) in [6.07, 6.45) is 0.890. The number of phenolic OH excluding ortho intramolecular Hbond substituents is 1. The van der Waals surface area contributed by atoms with Crippen molar-refractivity contribution in [3.8, 4) is 16.9 Å².